The van der Waals surface area contributed by atoms with Crippen LogP contribution in [0.4, 0.5) is 5.82 Å². The second kappa shape index (κ2) is 8.89. The fourth-order valence-electron chi connectivity index (χ4n) is 2.23. The van der Waals surface area contributed by atoms with Crippen molar-refractivity contribution in [2.75, 3.05) is 5.73 Å². The van der Waals surface area contributed by atoms with E-state index in [1.54, 1.807) is 31.2 Å². The number of carbonyl (C=O) groups excluding carboxylic acids is 2. The zero-order chi connectivity index (χ0) is 20.0. The number of nitrogen functional groups attached to an aromatic ring is 1. The number of nitrogens with zero attached hydrogens (tertiary/aromatic N) is 3. The van der Waals surface area contributed by atoms with Crippen LogP contribution >= 0.6 is 0 Å². The first kappa shape index (κ1) is 20.0. The van der Waals surface area contributed by atoms with Gasteiger partial charge in [0, 0.05) is 16.7 Å². The molecule has 0 unspecified atom stereocenters. The molecule has 2 heterocycles. The molecule has 0 aliphatic heterocycles. The predicted octanol–water partition coefficient (Wildman–Crippen LogP) is 0.943. The maximum Gasteiger partial charge on any atom is 0.189 e. The van der Waals surface area contributed by atoms with Crippen LogP contribution in [0.15, 0.2) is 48.6 Å². The highest BCUT2D eigenvalue weighted by atomic mass is 32.2. The summed E-state index contributed by atoms with van der Waals surface area (Å²) in [6.07, 6.45) is 4.32. The molecule has 0 amide bonds. The summed E-state index contributed by atoms with van der Waals surface area (Å²) in [6.45, 7) is 1.66. The van der Waals surface area contributed by atoms with Crippen molar-refractivity contribution < 1.29 is 22.9 Å². The summed E-state index contributed by atoms with van der Waals surface area (Å²) in [7, 11) is 0. The van der Waals surface area contributed by atoms with Crippen LogP contribution in [-0.4, -0.2) is 44.8 Å². The molecule has 0 spiro atoms. The number of hydrogen-bond donors (Lipinski definition) is 2. The van der Waals surface area contributed by atoms with E-state index in [1.165, 1.54) is 18.7 Å². The maximum absolute atomic E-state index is 11.5. The van der Waals surface area contributed by atoms with E-state index in [0.717, 1.165) is 0 Å². The summed E-state index contributed by atoms with van der Waals surface area (Å²) in [5.74, 6) is 0.311. The number of imidazole rings is 1. The lowest BCUT2D eigenvalue weighted by Crippen LogP contribution is -2.14. The van der Waals surface area contributed by atoms with Crippen molar-refractivity contribution >= 4 is 39.9 Å². The third-order valence-electron chi connectivity index (χ3n) is 3.40. The Hall–Kier alpha value is -3.28. The molecule has 0 bridgehead atoms. The molecule has 1 aliphatic rings. The van der Waals surface area contributed by atoms with Gasteiger partial charge in [0.15, 0.2) is 23.0 Å². The van der Waals surface area contributed by atoms with E-state index >= 15 is 0 Å². The molecule has 11 heteroatoms. The van der Waals surface area contributed by atoms with Gasteiger partial charge in [-0.2, -0.15) is 0 Å². The average Bonchev–Trinajstić information content (AvgIpc) is 3.10. The number of benzene rings is 1. The fourth-order valence-corrected chi connectivity index (χ4v) is 2.23. The Morgan fingerprint density at radius 1 is 1.07 bits per heavy atom. The van der Waals surface area contributed by atoms with Gasteiger partial charge in [-0.15, -0.1) is 11.4 Å². The number of anilines is 1. The van der Waals surface area contributed by atoms with Gasteiger partial charge in [0.1, 0.15) is 11.8 Å². The van der Waals surface area contributed by atoms with Crippen LogP contribution in [0, 0.1) is 0 Å². The summed E-state index contributed by atoms with van der Waals surface area (Å²) in [5.41, 5.74) is 8.33. The Bertz CT molecular complexity index is 1040. The number of Topliss-reactive ketones (excluding diaryl/α,β-unsaturated/α-hetero) is 1. The first-order valence-corrected chi connectivity index (χ1v) is 8.34. The molecular formula is C16H13N5O5S-2. The zero-order valence-corrected chi connectivity index (χ0v) is 14.7. The lowest BCUT2D eigenvalue weighted by molar-refractivity contribution is 0.0984. The fraction of sp³-hybridized carbons (Fsp3) is 0.0625. The number of rotatable bonds is 0. The van der Waals surface area contributed by atoms with Crippen molar-refractivity contribution in [3.63, 3.8) is 0 Å². The van der Waals surface area contributed by atoms with Crippen LogP contribution in [-0.2, 0) is 11.4 Å². The highest BCUT2D eigenvalue weighted by molar-refractivity contribution is 7.72. The van der Waals surface area contributed by atoms with E-state index in [0.29, 0.717) is 33.7 Å². The van der Waals surface area contributed by atoms with Gasteiger partial charge in [-0.05, 0) is 13.0 Å². The van der Waals surface area contributed by atoms with E-state index in [1.807, 2.05) is 0 Å². The zero-order valence-electron chi connectivity index (χ0n) is 13.9. The van der Waals surface area contributed by atoms with Gasteiger partial charge in [0.2, 0.25) is 0 Å². The van der Waals surface area contributed by atoms with E-state index < -0.39 is 11.4 Å². The summed E-state index contributed by atoms with van der Waals surface area (Å²) < 4.78 is 25.3. The van der Waals surface area contributed by atoms with Crippen LogP contribution in [0.2, 0.25) is 0 Å². The topological polar surface area (TPSA) is 178 Å². The molecule has 1 aliphatic carbocycles. The number of aromatic nitrogens is 4. The lowest BCUT2D eigenvalue weighted by atomic mass is 9.90. The Morgan fingerprint density at radius 3 is 2.33 bits per heavy atom. The molecule has 140 valence electrons. The van der Waals surface area contributed by atoms with Crippen LogP contribution in [0.25, 0.3) is 11.2 Å². The summed E-state index contributed by atoms with van der Waals surface area (Å²) in [6, 6.07) is 6.89. The lowest BCUT2D eigenvalue weighted by Gasteiger charge is -2.11. The highest BCUT2D eigenvalue weighted by Crippen LogP contribution is 2.20. The van der Waals surface area contributed by atoms with Gasteiger partial charge in [-0.1, -0.05) is 24.3 Å². The number of nitrogens with two attached hydrogens (primary N) is 1. The molecule has 1 aromatic carbocycles. The second-order valence-corrected chi connectivity index (χ2v) is 5.54. The predicted molar refractivity (Wildman–Crippen MR) is 94.7 cm³/mol. The molecule has 0 saturated carbocycles. The first-order chi connectivity index (χ1) is 12.8. The Kier molecular flexibility index (Phi) is 6.60. The Balaban J connectivity index is 0.000000166. The van der Waals surface area contributed by atoms with Crippen molar-refractivity contribution in [2.45, 2.75) is 6.92 Å². The van der Waals surface area contributed by atoms with Crippen LogP contribution in [0.3, 0.4) is 0 Å². The minimum absolute atomic E-state index is 0.0461. The van der Waals surface area contributed by atoms with Gasteiger partial charge in [-0.3, -0.25) is 13.8 Å². The Labute approximate surface area is 155 Å². The minimum Gasteiger partial charge on any atom is -0.784 e. The van der Waals surface area contributed by atoms with Gasteiger partial charge in [0.25, 0.3) is 0 Å². The molecule has 4 rings (SSSR count). The number of hydrogen-bond acceptors (Lipinski definition) is 9. The molecule has 27 heavy (non-hydrogen) atoms. The highest BCUT2D eigenvalue weighted by Gasteiger charge is 2.21. The van der Waals surface area contributed by atoms with Crippen molar-refractivity contribution in [1.82, 2.24) is 19.9 Å². The smallest absolute Gasteiger partial charge is 0.189 e. The van der Waals surface area contributed by atoms with Gasteiger partial charge >= 0.3 is 0 Å². The van der Waals surface area contributed by atoms with E-state index in [4.69, 9.17) is 19.0 Å². The number of H-pyrrole nitrogens is 1. The number of nitrogens with one attached hydrogen (secondary N) is 1. The normalized spacial score (nSPS) is 12.5. The first-order valence-electron chi connectivity index (χ1n) is 7.34. The standard InChI is InChI=1S/C11H8O2.C5H5N5.H2O3S/c1-7-6-10(12)8-4-2-3-5-9(8)11(7)13;6-4-3-5(9-1-7-3)10-2-8-4;1-4(2)3/h2-6H,1H3;1-2H,(H3,6,7,8,9,10);(H2,1,2,3)/p-2. The van der Waals surface area contributed by atoms with Crippen LogP contribution < -0.4 is 5.73 Å². The molecule has 3 N–H and O–H groups in total. The Morgan fingerprint density at radius 2 is 1.70 bits per heavy atom. The van der Waals surface area contributed by atoms with Gasteiger partial charge < -0.3 is 19.8 Å². The van der Waals surface area contributed by atoms with Crippen LogP contribution in [0.5, 0.6) is 0 Å². The largest absolute Gasteiger partial charge is 0.784 e. The van der Waals surface area contributed by atoms with Crippen LogP contribution in [0.1, 0.15) is 27.6 Å². The summed E-state index contributed by atoms with van der Waals surface area (Å²) in [5, 5.41) is 0. The SMILES string of the molecule is CC1=CC(=O)c2ccccc2C1=O.Nc1ncnc2nc[nH]c12.O=S([O-])[O-]. The third-order valence-corrected chi connectivity index (χ3v) is 3.40. The number of ketones is 2. The molecule has 0 radical (unpaired) electrons. The van der Waals surface area contributed by atoms with Gasteiger partial charge in [-0.25, -0.2) is 15.0 Å². The molecule has 3 aromatic rings. The molecule has 10 nitrogen and oxygen atoms in total. The van der Waals surface area contributed by atoms with Crippen molar-refractivity contribution in [3.8, 4) is 0 Å². The molecule has 0 fully saturated rings. The molecule has 2 aromatic heterocycles. The number of allylic oxidation sites excluding steroid dienone is 2. The average molecular weight is 387 g/mol. The number of carbonyl (C=O) groups is 2. The minimum atomic E-state index is -3.11. The quantitative estimate of drug-likeness (QED) is 0.531. The van der Waals surface area contributed by atoms with Crippen molar-refractivity contribution in [2.24, 2.45) is 0 Å². The number of aromatic amines is 1. The van der Waals surface area contributed by atoms with Crippen molar-refractivity contribution in [3.05, 3.63) is 59.7 Å². The maximum atomic E-state index is 11.5. The van der Waals surface area contributed by atoms with Gasteiger partial charge in [0.05, 0.1) is 6.33 Å². The molecular weight excluding hydrogens is 374 g/mol. The molecule has 0 saturated heterocycles. The van der Waals surface area contributed by atoms with E-state index in [-0.39, 0.29) is 11.6 Å². The third kappa shape index (κ3) is 5.10. The monoisotopic (exact) mass is 387 g/mol. The van der Waals surface area contributed by atoms with E-state index in [2.05, 4.69) is 19.9 Å². The summed E-state index contributed by atoms with van der Waals surface area (Å²) in [4.78, 5) is 37.3. The second-order valence-electron chi connectivity index (χ2n) is 5.13. The molecule has 0 atom stereocenters. The van der Waals surface area contributed by atoms with E-state index in [9.17, 15) is 9.59 Å². The number of fused-ring (bicyclic) bond motifs is 2. The van der Waals surface area contributed by atoms with Crippen molar-refractivity contribution in [1.29, 1.82) is 0 Å². The summed E-state index contributed by atoms with van der Waals surface area (Å²) >= 11 is -3.11.